The maximum Gasteiger partial charge on any atom is 0.0727 e. The van der Waals surface area contributed by atoms with E-state index in [0.29, 0.717) is 0 Å². The molecule has 1 nitrogen and oxygen atoms in total. The van der Waals surface area contributed by atoms with E-state index in [4.69, 9.17) is 0 Å². The van der Waals surface area contributed by atoms with Gasteiger partial charge in [0.05, 0.1) is 8.80 Å². The van der Waals surface area contributed by atoms with Crippen LogP contribution in [-0.2, 0) is 0 Å². The molecule has 1 rings (SSSR count). The van der Waals surface area contributed by atoms with E-state index in [0.717, 1.165) is 6.04 Å². The largest absolute Gasteiger partial charge is 0.306 e. The van der Waals surface area contributed by atoms with Crippen molar-refractivity contribution in [1.82, 2.24) is 4.90 Å². The second-order valence-electron chi connectivity index (χ2n) is 4.94. The van der Waals surface area contributed by atoms with Crippen LogP contribution >= 0.6 is 0 Å². The zero-order valence-electron chi connectivity index (χ0n) is 10.8. The molecule has 0 aromatic heterocycles. The van der Waals surface area contributed by atoms with Crippen LogP contribution in [0.4, 0.5) is 0 Å². The smallest absolute Gasteiger partial charge is 0.0727 e. The Balaban J connectivity index is 2.35. The minimum atomic E-state index is -0.304. The summed E-state index contributed by atoms with van der Waals surface area (Å²) in [5, 5.41) is 0. The van der Waals surface area contributed by atoms with Gasteiger partial charge in [0.2, 0.25) is 0 Å². The summed E-state index contributed by atoms with van der Waals surface area (Å²) in [4.78, 5) is 2.61. The van der Waals surface area contributed by atoms with Crippen LogP contribution in [-0.4, -0.2) is 33.0 Å². The van der Waals surface area contributed by atoms with Crippen LogP contribution in [0.3, 0.4) is 0 Å². The van der Waals surface area contributed by atoms with Crippen molar-refractivity contribution in [1.29, 1.82) is 0 Å². The molecule has 91 valence electrons. The maximum atomic E-state index is 3.88. The molecule has 1 radical (unpaired) electrons. The summed E-state index contributed by atoms with van der Waals surface area (Å²) in [6.45, 7) is 7.75. The van der Waals surface area contributed by atoms with Crippen molar-refractivity contribution in [3.8, 4) is 0 Å². The third-order valence-corrected chi connectivity index (χ3v) is 6.22. The third kappa shape index (κ3) is 4.66. The van der Waals surface area contributed by atoms with E-state index in [1.165, 1.54) is 50.4 Å². The molecule has 1 fully saturated rings. The van der Waals surface area contributed by atoms with Crippen molar-refractivity contribution in [2.45, 2.75) is 50.2 Å². The number of nitrogens with zero attached hydrogens (tertiary/aromatic N) is 1. The fraction of sp³-hybridized carbons (Fsp3) is 0.714. The Hall–Kier alpha value is -0.343. The topological polar surface area (TPSA) is 3.24 Å². The van der Waals surface area contributed by atoms with Gasteiger partial charge in [-0.15, -0.1) is 13.2 Å². The highest BCUT2D eigenvalue weighted by Gasteiger charge is 2.20. The van der Waals surface area contributed by atoms with E-state index in [-0.39, 0.29) is 8.80 Å². The van der Waals surface area contributed by atoms with Crippen LogP contribution in [0.5, 0.6) is 0 Å². The first kappa shape index (κ1) is 13.7. The number of allylic oxidation sites excluding steroid dienone is 2. The Kier molecular flexibility index (Phi) is 6.73. The van der Waals surface area contributed by atoms with E-state index in [1.54, 1.807) is 0 Å². The molecule has 0 heterocycles. The third-order valence-electron chi connectivity index (χ3n) is 3.54. The molecule has 0 aliphatic heterocycles. The highest BCUT2D eigenvalue weighted by molar-refractivity contribution is 6.60. The first-order chi connectivity index (χ1) is 7.77. The lowest BCUT2D eigenvalue weighted by Gasteiger charge is -2.33. The molecule has 0 unspecified atom stereocenters. The number of hydrogen-bond donors (Lipinski definition) is 0. The Morgan fingerprint density at radius 2 is 1.69 bits per heavy atom. The van der Waals surface area contributed by atoms with Crippen molar-refractivity contribution in [3.05, 3.63) is 25.3 Å². The molecular weight excluding hydrogens is 210 g/mol. The monoisotopic (exact) mass is 236 g/mol. The molecule has 0 aromatic carbocycles. The molecule has 0 spiro atoms. The first-order valence-corrected chi connectivity index (χ1v) is 8.65. The molecule has 0 N–H and O–H groups in total. The highest BCUT2D eigenvalue weighted by atomic mass is 28.3. The molecule has 0 aromatic rings. The fourth-order valence-electron chi connectivity index (χ4n) is 2.62. The average Bonchev–Trinajstić information content (AvgIpc) is 2.31. The van der Waals surface area contributed by atoms with Gasteiger partial charge in [-0.25, -0.2) is 0 Å². The lowest BCUT2D eigenvalue weighted by Crippen LogP contribution is -2.40. The average molecular weight is 236 g/mol. The molecule has 1 aliphatic rings. The summed E-state index contributed by atoms with van der Waals surface area (Å²) in [6.07, 6.45) is 12.6. The van der Waals surface area contributed by atoms with E-state index < -0.39 is 0 Å². The van der Waals surface area contributed by atoms with Crippen molar-refractivity contribution in [3.63, 3.8) is 0 Å². The summed E-state index contributed by atoms with van der Waals surface area (Å²) in [5.74, 6) is 0. The minimum Gasteiger partial charge on any atom is -0.306 e. The van der Waals surface area contributed by atoms with Crippen molar-refractivity contribution in [2.75, 3.05) is 13.2 Å². The van der Waals surface area contributed by atoms with Gasteiger partial charge >= 0.3 is 0 Å². The van der Waals surface area contributed by atoms with E-state index in [9.17, 15) is 0 Å². The van der Waals surface area contributed by atoms with Crippen molar-refractivity contribution >= 4 is 8.80 Å². The molecule has 0 bridgehead atoms. The van der Waals surface area contributed by atoms with Gasteiger partial charge < -0.3 is 4.90 Å². The summed E-state index contributed by atoms with van der Waals surface area (Å²) in [6, 6.07) is 3.28. The molecule has 1 aliphatic carbocycles. The summed E-state index contributed by atoms with van der Waals surface area (Å²) in [5.41, 5.74) is 0. The fourth-order valence-corrected chi connectivity index (χ4v) is 4.83. The van der Waals surface area contributed by atoms with Gasteiger partial charge in [0.1, 0.15) is 0 Å². The van der Waals surface area contributed by atoms with Gasteiger partial charge in [-0.1, -0.05) is 31.4 Å². The van der Waals surface area contributed by atoms with Crippen molar-refractivity contribution in [2.24, 2.45) is 0 Å². The molecule has 16 heavy (non-hydrogen) atoms. The van der Waals surface area contributed by atoms with Crippen LogP contribution in [0.25, 0.3) is 0 Å². The van der Waals surface area contributed by atoms with Crippen LogP contribution in [0, 0.1) is 0 Å². The van der Waals surface area contributed by atoms with Crippen LogP contribution in [0.1, 0.15) is 32.1 Å². The minimum absolute atomic E-state index is 0.304. The van der Waals surface area contributed by atoms with Gasteiger partial charge in [-0.05, 0) is 38.1 Å². The summed E-state index contributed by atoms with van der Waals surface area (Å²) < 4.78 is 0. The highest BCUT2D eigenvalue weighted by Crippen LogP contribution is 2.22. The van der Waals surface area contributed by atoms with Gasteiger partial charge in [0.15, 0.2) is 0 Å². The first-order valence-electron chi connectivity index (χ1n) is 6.53. The predicted molar refractivity (Wildman–Crippen MR) is 75.3 cm³/mol. The van der Waals surface area contributed by atoms with E-state index >= 15 is 0 Å². The second-order valence-corrected chi connectivity index (χ2v) is 7.58. The number of rotatable bonds is 7. The maximum absolute atomic E-state index is 3.88. The molecule has 0 saturated heterocycles. The zero-order chi connectivity index (χ0) is 11.8. The lowest BCUT2D eigenvalue weighted by atomic mass is 9.95. The SMILES string of the molecule is C=CC[Si](CC=C)CN(C)C1CCCCC1. The standard InChI is InChI=1S/C14H26NSi/c1-4-11-16(12-5-2)13-15(3)14-9-7-6-8-10-14/h4-5,14H,1-2,6-13H2,3H3. The van der Waals surface area contributed by atoms with Crippen LogP contribution in [0.15, 0.2) is 25.3 Å². The Morgan fingerprint density at radius 1 is 1.12 bits per heavy atom. The molecule has 2 heteroatoms. The van der Waals surface area contributed by atoms with Gasteiger partial charge in [-0.3, -0.25) is 0 Å². The van der Waals surface area contributed by atoms with E-state index in [2.05, 4.69) is 37.3 Å². The summed E-state index contributed by atoms with van der Waals surface area (Å²) in [7, 11) is 2.01. The Bertz CT molecular complexity index is 199. The van der Waals surface area contributed by atoms with Gasteiger partial charge in [-0.2, -0.15) is 0 Å². The van der Waals surface area contributed by atoms with Crippen LogP contribution in [0.2, 0.25) is 12.1 Å². The van der Waals surface area contributed by atoms with E-state index in [1.807, 2.05) is 0 Å². The Morgan fingerprint density at radius 3 is 2.19 bits per heavy atom. The molecule has 1 saturated carbocycles. The van der Waals surface area contributed by atoms with Gasteiger partial charge in [0, 0.05) is 6.04 Å². The Labute approximate surface area is 103 Å². The van der Waals surface area contributed by atoms with Gasteiger partial charge in [0.25, 0.3) is 0 Å². The molecule has 0 amide bonds. The quantitative estimate of drug-likeness (QED) is 0.482. The zero-order valence-corrected chi connectivity index (χ0v) is 11.8. The normalized spacial score (nSPS) is 17.9. The summed E-state index contributed by atoms with van der Waals surface area (Å²) >= 11 is 0. The van der Waals surface area contributed by atoms with Crippen LogP contribution < -0.4 is 0 Å². The molecule has 0 atom stereocenters. The predicted octanol–water partition coefficient (Wildman–Crippen LogP) is 3.66. The lowest BCUT2D eigenvalue weighted by molar-refractivity contribution is 0.216. The second kappa shape index (κ2) is 7.85. The number of hydrogen-bond acceptors (Lipinski definition) is 1. The molecular formula is C14H26NSi. The van der Waals surface area contributed by atoms with Crippen molar-refractivity contribution < 1.29 is 0 Å².